The highest BCUT2D eigenvalue weighted by Gasteiger charge is 2.10. The minimum atomic E-state index is -2.63. The number of carboxylic acid groups (broad SMARTS) is 1. The number of hydrogen-bond donors (Lipinski definition) is 1. The number of halogens is 2. The van der Waals surface area contributed by atoms with Crippen molar-refractivity contribution in [3.63, 3.8) is 0 Å². The van der Waals surface area contributed by atoms with Crippen LogP contribution < -0.4 is 4.74 Å². The Bertz CT molecular complexity index is 371. The third-order valence-corrected chi connectivity index (χ3v) is 1.39. The molecule has 1 N–H and O–H groups in total. The van der Waals surface area contributed by atoms with Gasteiger partial charge in [-0.1, -0.05) is 0 Å². The Labute approximate surface area is 83.7 Å². The van der Waals surface area contributed by atoms with Gasteiger partial charge in [0.15, 0.2) is 12.3 Å². The number of ether oxygens (including phenoxy) is 1. The summed E-state index contributed by atoms with van der Waals surface area (Å²) in [4.78, 5) is 17.8. The molecular formula is C8H8F2N2O3. The van der Waals surface area contributed by atoms with Gasteiger partial charge in [0.05, 0.1) is 0 Å². The van der Waals surface area contributed by atoms with E-state index in [-0.39, 0.29) is 17.4 Å². The van der Waals surface area contributed by atoms with Crippen molar-refractivity contribution in [1.82, 2.24) is 9.97 Å². The monoisotopic (exact) mass is 218 g/mol. The third-order valence-electron chi connectivity index (χ3n) is 1.39. The standard InChI is InChI=1S/C8H8F2N2O3/c1-4-11-5(8(13)14)2-7(12-4)15-3-6(9)10/h2,6H,3H2,1H3,(H,13,14). The molecule has 0 amide bonds. The van der Waals surface area contributed by atoms with E-state index >= 15 is 0 Å². The Morgan fingerprint density at radius 1 is 1.60 bits per heavy atom. The van der Waals surface area contributed by atoms with E-state index in [1.165, 1.54) is 6.92 Å². The van der Waals surface area contributed by atoms with Crippen LogP contribution in [0.4, 0.5) is 8.78 Å². The average molecular weight is 218 g/mol. The molecule has 0 aliphatic carbocycles. The summed E-state index contributed by atoms with van der Waals surface area (Å²) >= 11 is 0. The molecular weight excluding hydrogens is 210 g/mol. The van der Waals surface area contributed by atoms with Gasteiger partial charge in [-0.3, -0.25) is 0 Å². The molecule has 0 aliphatic rings. The van der Waals surface area contributed by atoms with E-state index in [9.17, 15) is 13.6 Å². The molecule has 15 heavy (non-hydrogen) atoms. The second kappa shape index (κ2) is 4.63. The second-order valence-corrected chi connectivity index (χ2v) is 2.65. The molecule has 0 radical (unpaired) electrons. The summed E-state index contributed by atoms with van der Waals surface area (Å²) in [5.74, 6) is -1.28. The van der Waals surface area contributed by atoms with Crippen molar-refractivity contribution < 1.29 is 23.4 Å². The molecule has 0 saturated carbocycles. The Balaban J connectivity index is 2.84. The largest absolute Gasteiger partial charge is 0.477 e. The zero-order valence-electron chi connectivity index (χ0n) is 7.78. The lowest BCUT2D eigenvalue weighted by Gasteiger charge is -2.05. The molecule has 0 spiro atoms. The molecule has 0 aliphatic heterocycles. The summed E-state index contributed by atoms with van der Waals surface area (Å²) in [6, 6.07) is 0.998. The number of alkyl halides is 2. The fourth-order valence-corrected chi connectivity index (χ4v) is 0.872. The van der Waals surface area contributed by atoms with Gasteiger partial charge in [-0.15, -0.1) is 0 Å². The van der Waals surface area contributed by atoms with Crippen molar-refractivity contribution in [2.75, 3.05) is 6.61 Å². The topological polar surface area (TPSA) is 72.3 Å². The van der Waals surface area contributed by atoms with E-state index in [4.69, 9.17) is 5.11 Å². The van der Waals surface area contributed by atoms with Crippen LogP contribution in [0.3, 0.4) is 0 Å². The smallest absolute Gasteiger partial charge is 0.354 e. The van der Waals surface area contributed by atoms with Crippen LogP contribution in [0.15, 0.2) is 6.07 Å². The fourth-order valence-electron chi connectivity index (χ4n) is 0.872. The first-order valence-electron chi connectivity index (χ1n) is 3.99. The van der Waals surface area contributed by atoms with Crippen molar-refractivity contribution in [1.29, 1.82) is 0 Å². The average Bonchev–Trinajstić information content (AvgIpc) is 2.13. The number of carboxylic acids is 1. The van der Waals surface area contributed by atoms with Gasteiger partial charge >= 0.3 is 5.97 Å². The zero-order valence-corrected chi connectivity index (χ0v) is 7.78. The highest BCUT2D eigenvalue weighted by atomic mass is 19.3. The van der Waals surface area contributed by atoms with Crippen molar-refractivity contribution in [2.45, 2.75) is 13.3 Å². The van der Waals surface area contributed by atoms with Gasteiger partial charge in [-0.25, -0.2) is 18.6 Å². The van der Waals surface area contributed by atoms with Crippen molar-refractivity contribution in [3.05, 3.63) is 17.6 Å². The maximum Gasteiger partial charge on any atom is 0.354 e. The molecule has 7 heteroatoms. The lowest BCUT2D eigenvalue weighted by Crippen LogP contribution is -2.10. The van der Waals surface area contributed by atoms with Gasteiger partial charge in [0.25, 0.3) is 6.43 Å². The summed E-state index contributed by atoms with van der Waals surface area (Å²) < 4.78 is 28.2. The maximum absolute atomic E-state index is 11.8. The Kier molecular flexibility index (Phi) is 3.48. The number of hydrogen-bond acceptors (Lipinski definition) is 4. The normalized spacial score (nSPS) is 10.4. The van der Waals surface area contributed by atoms with Gasteiger partial charge in [0, 0.05) is 6.07 Å². The van der Waals surface area contributed by atoms with Gasteiger partial charge < -0.3 is 9.84 Å². The van der Waals surface area contributed by atoms with Crippen molar-refractivity contribution in [2.24, 2.45) is 0 Å². The molecule has 0 bridgehead atoms. The van der Waals surface area contributed by atoms with Crippen LogP contribution in [0.2, 0.25) is 0 Å². The predicted molar refractivity (Wildman–Crippen MR) is 45.2 cm³/mol. The SMILES string of the molecule is Cc1nc(OCC(F)F)cc(C(=O)O)n1. The van der Waals surface area contributed by atoms with Crippen LogP contribution in [-0.2, 0) is 0 Å². The van der Waals surface area contributed by atoms with Gasteiger partial charge in [-0.05, 0) is 6.92 Å². The molecule has 0 aromatic carbocycles. The number of aryl methyl sites for hydroxylation is 1. The fraction of sp³-hybridized carbons (Fsp3) is 0.375. The van der Waals surface area contributed by atoms with E-state index < -0.39 is 19.0 Å². The predicted octanol–water partition coefficient (Wildman–Crippen LogP) is 1.13. The molecule has 5 nitrogen and oxygen atoms in total. The number of carbonyl (C=O) groups is 1. The van der Waals surface area contributed by atoms with E-state index in [1.54, 1.807) is 0 Å². The summed E-state index contributed by atoms with van der Waals surface area (Å²) in [5, 5.41) is 8.62. The van der Waals surface area contributed by atoms with Crippen LogP contribution in [0.1, 0.15) is 16.3 Å². The molecule has 1 aromatic rings. The molecule has 1 rings (SSSR count). The van der Waals surface area contributed by atoms with E-state index in [0.29, 0.717) is 0 Å². The van der Waals surface area contributed by atoms with Crippen LogP contribution in [0.5, 0.6) is 5.88 Å². The Hall–Kier alpha value is -1.79. The number of rotatable bonds is 4. The van der Waals surface area contributed by atoms with Crippen molar-refractivity contribution in [3.8, 4) is 5.88 Å². The first-order valence-corrected chi connectivity index (χ1v) is 3.99. The zero-order chi connectivity index (χ0) is 11.4. The quantitative estimate of drug-likeness (QED) is 0.819. The maximum atomic E-state index is 11.8. The Morgan fingerprint density at radius 2 is 2.27 bits per heavy atom. The number of aromatic nitrogens is 2. The highest BCUT2D eigenvalue weighted by molar-refractivity contribution is 5.85. The lowest BCUT2D eigenvalue weighted by molar-refractivity contribution is 0.0686. The minimum absolute atomic E-state index is 0.152. The first-order chi connectivity index (χ1) is 6.99. The van der Waals surface area contributed by atoms with Crippen LogP contribution >= 0.6 is 0 Å². The summed E-state index contributed by atoms with van der Waals surface area (Å²) in [7, 11) is 0. The molecule has 0 saturated heterocycles. The summed E-state index contributed by atoms with van der Waals surface area (Å²) in [6.07, 6.45) is -2.63. The van der Waals surface area contributed by atoms with Crippen LogP contribution in [0.25, 0.3) is 0 Å². The second-order valence-electron chi connectivity index (χ2n) is 2.65. The summed E-state index contributed by atoms with van der Waals surface area (Å²) in [5.41, 5.74) is -0.285. The van der Waals surface area contributed by atoms with E-state index in [0.717, 1.165) is 6.07 Å². The molecule has 1 heterocycles. The lowest BCUT2D eigenvalue weighted by atomic mass is 10.4. The van der Waals surface area contributed by atoms with E-state index in [1.807, 2.05) is 0 Å². The first kappa shape index (κ1) is 11.3. The molecule has 0 unspecified atom stereocenters. The van der Waals surface area contributed by atoms with Gasteiger partial charge in [-0.2, -0.15) is 4.98 Å². The Morgan fingerprint density at radius 3 is 2.80 bits per heavy atom. The highest BCUT2D eigenvalue weighted by Crippen LogP contribution is 2.10. The van der Waals surface area contributed by atoms with E-state index in [2.05, 4.69) is 14.7 Å². The van der Waals surface area contributed by atoms with Crippen molar-refractivity contribution >= 4 is 5.97 Å². The minimum Gasteiger partial charge on any atom is -0.477 e. The summed E-state index contributed by atoms with van der Waals surface area (Å²) in [6.45, 7) is 0.622. The van der Waals surface area contributed by atoms with Crippen LogP contribution in [0, 0.1) is 6.92 Å². The molecule has 0 fully saturated rings. The van der Waals surface area contributed by atoms with Gasteiger partial charge in [0.1, 0.15) is 5.82 Å². The third kappa shape index (κ3) is 3.45. The molecule has 82 valence electrons. The number of nitrogens with zero attached hydrogens (tertiary/aromatic N) is 2. The molecule has 1 aromatic heterocycles. The molecule has 0 atom stereocenters. The van der Waals surface area contributed by atoms with Crippen LogP contribution in [-0.4, -0.2) is 34.1 Å². The number of aromatic carboxylic acids is 1. The van der Waals surface area contributed by atoms with Gasteiger partial charge in [0.2, 0.25) is 5.88 Å².